The van der Waals surface area contributed by atoms with Gasteiger partial charge in [-0.15, -0.1) is 0 Å². The second-order valence-corrected chi connectivity index (χ2v) is 11.1. The van der Waals surface area contributed by atoms with Gasteiger partial charge in [0, 0.05) is 50.6 Å². The van der Waals surface area contributed by atoms with Crippen LogP contribution in [0, 0.1) is 24.7 Å². The summed E-state index contributed by atoms with van der Waals surface area (Å²) in [6.45, 7) is 5.16. The Balaban J connectivity index is 1.28. The zero-order chi connectivity index (χ0) is 29.0. The van der Waals surface area contributed by atoms with Crippen molar-refractivity contribution in [2.45, 2.75) is 19.9 Å². The predicted molar refractivity (Wildman–Crippen MR) is 157 cm³/mol. The molecule has 3 heterocycles. The first-order chi connectivity index (χ1) is 19.7. The van der Waals surface area contributed by atoms with E-state index < -0.39 is 5.97 Å². The van der Waals surface area contributed by atoms with Crippen LogP contribution in [0.15, 0.2) is 65.7 Å². The lowest BCUT2D eigenvalue weighted by Gasteiger charge is -2.25. The Hall–Kier alpha value is -4.73. The van der Waals surface area contributed by atoms with Crippen molar-refractivity contribution in [1.82, 2.24) is 14.5 Å². The van der Waals surface area contributed by atoms with E-state index in [9.17, 15) is 19.5 Å². The number of aryl methyl sites for hydroxylation is 1. The number of carboxylic acid groups (broad SMARTS) is 1. The number of carbonyl (C=O) groups is 2. The van der Waals surface area contributed by atoms with Gasteiger partial charge >= 0.3 is 5.97 Å². The molecule has 6 rings (SSSR count). The minimum atomic E-state index is -1.01. The number of aromatic nitrogens is 3. The van der Waals surface area contributed by atoms with Crippen LogP contribution in [0.5, 0.6) is 0 Å². The van der Waals surface area contributed by atoms with E-state index in [0.29, 0.717) is 35.6 Å². The molecular weight excluding hydrogens is 520 g/mol. The molecule has 2 N–H and O–H groups in total. The summed E-state index contributed by atoms with van der Waals surface area (Å²) in [5, 5.41) is 13.5. The van der Waals surface area contributed by atoms with Gasteiger partial charge in [-0.25, -0.2) is 9.78 Å². The van der Waals surface area contributed by atoms with Gasteiger partial charge in [-0.2, -0.15) is 0 Å². The molecule has 2 aromatic heterocycles. The summed E-state index contributed by atoms with van der Waals surface area (Å²) in [6, 6.07) is 14.0. The number of fused-ring (bicyclic) bond motifs is 2. The normalized spacial score (nSPS) is 20.0. The van der Waals surface area contributed by atoms with Crippen molar-refractivity contribution in [3.63, 3.8) is 0 Å². The fourth-order valence-corrected chi connectivity index (χ4v) is 6.22. The molecule has 210 valence electrons. The van der Waals surface area contributed by atoms with Gasteiger partial charge in [0.1, 0.15) is 0 Å². The van der Waals surface area contributed by atoms with Crippen LogP contribution in [0.25, 0.3) is 10.9 Å². The highest BCUT2D eigenvalue weighted by Gasteiger charge is 2.60. The maximum absolute atomic E-state index is 13.6. The van der Waals surface area contributed by atoms with Crippen LogP contribution in [0.4, 0.5) is 17.3 Å². The fraction of sp³-hybridized carbons (Fsp3) is 0.323. The van der Waals surface area contributed by atoms with Crippen molar-refractivity contribution in [1.29, 1.82) is 0 Å². The molecule has 1 saturated carbocycles. The van der Waals surface area contributed by atoms with Crippen molar-refractivity contribution in [2.75, 3.05) is 35.3 Å². The maximum atomic E-state index is 13.6. The van der Waals surface area contributed by atoms with Gasteiger partial charge < -0.3 is 20.2 Å². The molecule has 2 fully saturated rings. The molecule has 1 amide bonds. The number of piperidine rings is 1. The maximum Gasteiger partial charge on any atom is 0.337 e. The standard InChI is InChI=1S/C31H32N6O4/c1-17-12-21(18(2)33-25-10-6-5-9-20(25)30(40)41)27-22(13-17)28(38)36(4)31(34-27)37-15-23-24(16-37)26(23)29(39)35(3)19-8-7-11-32-14-19/h5-14,18,23-24,26,33H,15-16H2,1-4H3,(H,40,41)/t18?,23-,24+,26?. The Kier molecular flexibility index (Phi) is 6.48. The Labute approximate surface area is 237 Å². The van der Waals surface area contributed by atoms with Crippen LogP contribution in [0.1, 0.15) is 34.5 Å². The summed E-state index contributed by atoms with van der Waals surface area (Å²) in [4.78, 5) is 51.4. The smallest absolute Gasteiger partial charge is 0.337 e. The number of hydrogen-bond donors (Lipinski definition) is 2. The van der Waals surface area contributed by atoms with Crippen LogP contribution < -0.4 is 20.7 Å². The van der Waals surface area contributed by atoms with Crippen molar-refractivity contribution in [3.05, 3.63) is 88.0 Å². The van der Waals surface area contributed by atoms with Gasteiger partial charge in [0.2, 0.25) is 11.9 Å². The molecule has 10 heteroatoms. The van der Waals surface area contributed by atoms with E-state index in [1.54, 1.807) is 60.2 Å². The number of carbonyl (C=O) groups excluding carboxylic acids is 1. The average Bonchev–Trinajstić information content (AvgIpc) is 3.47. The summed E-state index contributed by atoms with van der Waals surface area (Å²) < 4.78 is 1.59. The quantitative estimate of drug-likeness (QED) is 0.355. The van der Waals surface area contributed by atoms with E-state index in [4.69, 9.17) is 4.98 Å². The summed E-state index contributed by atoms with van der Waals surface area (Å²) in [6.07, 6.45) is 3.37. The second-order valence-electron chi connectivity index (χ2n) is 11.1. The van der Waals surface area contributed by atoms with Gasteiger partial charge in [-0.1, -0.05) is 18.2 Å². The molecule has 0 radical (unpaired) electrons. The van der Waals surface area contributed by atoms with Gasteiger partial charge in [0.25, 0.3) is 5.56 Å². The van der Waals surface area contributed by atoms with Crippen LogP contribution in [-0.4, -0.2) is 51.7 Å². The molecule has 4 atom stereocenters. The first-order valence-corrected chi connectivity index (χ1v) is 13.7. The van der Waals surface area contributed by atoms with E-state index in [1.165, 1.54) is 0 Å². The number of rotatable bonds is 7. The number of anilines is 3. The molecular formula is C31H32N6O4. The number of amides is 1. The molecule has 0 spiro atoms. The lowest BCUT2D eigenvalue weighted by Crippen LogP contribution is -2.36. The van der Waals surface area contributed by atoms with E-state index in [1.807, 2.05) is 38.1 Å². The average molecular weight is 553 g/mol. The SMILES string of the molecule is Cc1cc(C(C)Nc2ccccc2C(=O)O)c2nc(N3C[C@@H]4C(C(=O)N(C)c5cccnc5)[C@@H]4C3)n(C)c(=O)c2c1. The zero-order valence-corrected chi connectivity index (χ0v) is 23.4. The molecule has 2 unspecified atom stereocenters. The first-order valence-electron chi connectivity index (χ1n) is 13.7. The van der Waals surface area contributed by atoms with Gasteiger partial charge in [0.05, 0.1) is 34.4 Å². The molecule has 2 aliphatic rings. The summed E-state index contributed by atoms with van der Waals surface area (Å²) in [7, 11) is 3.52. The van der Waals surface area contributed by atoms with E-state index in [-0.39, 0.29) is 40.8 Å². The Morgan fingerprint density at radius 2 is 1.85 bits per heavy atom. The number of pyridine rings is 1. The van der Waals surface area contributed by atoms with Crippen molar-refractivity contribution in [2.24, 2.45) is 24.8 Å². The number of carboxylic acids is 1. The first kappa shape index (κ1) is 26.5. The number of para-hydroxylation sites is 1. The minimum absolute atomic E-state index is 0.0503. The van der Waals surface area contributed by atoms with Gasteiger partial charge in [0.15, 0.2) is 0 Å². The summed E-state index contributed by atoms with van der Waals surface area (Å²) in [5.74, 6) is 0.0158. The molecule has 1 aliphatic carbocycles. The third-order valence-corrected chi connectivity index (χ3v) is 8.45. The van der Waals surface area contributed by atoms with Crippen LogP contribution in [0.2, 0.25) is 0 Å². The van der Waals surface area contributed by atoms with Crippen LogP contribution in [0.3, 0.4) is 0 Å². The highest BCUT2D eigenvalue weighted by Crippen LogP contribution is 2.53. The summed E-state index contributed by atoms with van der Waals surface area (Å²) >= 11 is 0. The minimum Gasteiger partial charge on any atom is -0.478 e. The lowest BCUT2D eigenvalue weighted by molar-refractivity contribution is -0.120. The highest BCUT2D eigenvalue weighted by molar-refractivity contribution is 5.97. The van der Waals surface area contributed by atoms with Crippen molar-refractivity contribution >= 4 is 40.1 Å². The van der Waals surface area contributed by atoms with Crippen LogP contribution in [-0.2, 0) is 11.8 Å². The van der Waals surface area contributed by atoms with Gasteiger partial charge in [-0.3, -0.25) is 19.1 Å². The van der Waals surface area contributed by atoms with Gasteiger partial charge in [-0.05, 0) is 61.6 Å². The number of hydrogen-bond acceptors (Lipinski definition) is 7. The number of benzene rings is 2. The van der Waals surface area contributed by atoms with E-state index >= 15 is 0 Å². The molecule has 2 aromatic carbocycles. The van der Waals surface area contributed by atoms with Crippen molar-refractivity contribution < 1.29 is 14.7 Å². The molecule has 1 saturated heterocycles. The van der Waals surface area contributed by atoms with E-state index in [2.05, 4.69) is 15.2 Å². The third kappa shape index (κ3) is 4.59. The highest BCUT2D eigenvalue weighted by atomic mass is 16.4. The molecule has 4 aromatic rings. The number of aromatic carboxylic acids is 1. The number of nitrogens with one attached hydrogen (secondary N) is 1. The lowest BCUT2D eigenvalue weighted by atomic mass is 10.0. The molecule has 0 bridgehead atoms. The Morgan fingerprint density at radius 1 is 1.12 bits per heavy atom. The second kappa shape index (κ2) is 10.0. The Bertz CT molecular complexity index is 1720. The number of nitrogens with zero attached hydrogens (tertiary/aromatic N) is 5. The largest absolute Gasteiger partial charge is 0.478 e. The zero-order valence-electron chi connectivity index (χ0n) is 23.4. The van der Waals surface area contributed by atoms with Crippen molar-refractivity contribution in [3.8, 4) is 0 Å². The monoisotopic (exact) mass is 552 g/mol. The van der Waals surface area contributed by atoms with E-state index in [0.717, 1.165) is 16.8 Å². The summed E-state index contributed by atoms with van der Waals surface area (Å²) in [5.41, 5.74) is 3.63. The van der Waals surface area contributed by atoms with Crippen LogP contribution >= 0.6 is 0 Å². The third-order valence-electron chi connectivity index (χ3n) is 8.45. The molecule has 10 nitrogen and oxygen atoms in total. The molecule has 41 heavy (non-hydrogen) atoms. The predicted octanol–water partition coefficient (Wildman–Crippen LogP) is 3.85. The fourth-order valence-electron chi connectivity index (χ4n) is 6.22. The topological polar surface area (TPSA) is 121 Å². The Morgan fingerprint density at radius 3 is 2.54 bits per heavy atom. The molecule has 1 aliphatic heterocycles.